The number of alkyl halides is 3. The fourth-order valence-corrected chi connectivity index (χ4v) is 1.24. The lowest BCUT2D eigenvalue weighted by molar-refractivity contribution is -0.136. The summed E-state index contributed by atoms with van der Waals surface area (Å²) in [5, 5.41) is 0. The van der Waals surface area contributed by atoms with E-state index in [2.05, 4.69) is 9.40 Å². The average Bonchev–Trinajstić information content (AvgIpc) is 2.57. The molecular weight excluding hydrogens is 211 g/mol. The van der Waals surface area contributed by atoms with Crippen LogP contribution in [-0.4, -0.2) is 11.3 Å². The normalized spacial score (nSPS) is 11.9. The van der Waals surface area contributed by atoms with Gasteiger partial charge in [0.15, 0.2) is 5.58 Å². The van der Waals surface area contributed by atoms with E-state index in [1.54, 1.807) is 0 Å². The molecule has 1 heterocycles. The summed E-state index contributed by atoms with van der Waals surface area (Å²) in [6, 6.07) is 3.44. The molecule has 0 fully saturated rings. The molecule has 1 aromatic heterocycles. The molecule has 0 saturated heterocycles. The van der Waals surface area contributed by atoms with Crippen molar-refractivity contribution in [3.8, 4) is 0 Å². The van der Waals surface area contributed by atoms with Crippen LogP contribution in [0.3, 0.4) is 0 Å². The predicted molar refractivity (Wildman–Crippen MR) is 44.4 cm³/mol. The van der Waals surface area contributed by atoms with Crippen LogP contribution in [0, 0.1) is 0 Å². The first-order valence-electron chi connectivity index (χ1n) is 3.94. The van der Waals surface area contributed by atoms with Gasteiger partial charge in [-0.2, -0.15) is 13.2 Å². The topological polar surface area (TPSA) is 43.1 Å². The Morgan fingerprint density at radius 3 is 2.67 bits per heavy atom. The Morgan fingerprint density at radius 1 is 1.33 bits per heavy atom. The third-order valence-corrected chi connectivity index (χ3v) is 1.84. The van der Waals surface area contributed by atoms with E-state index in [9.17, 15) is 18.0 Å². The molecule has 0 radical (unpaired) electrons. The van der Waals surface area contributed by atoms with Gasteiger partial charge in [0, 0.05) is 0 Å². The summed E-state index contributed by atoms with van der Waals surface area (Å²) >= 11 is 0. The molecule has 78 valence electrons. The Morgan fingerprint density at radius 2 is 2.07 bits per heavy atom. The van der Waals surface area contributed by atoms with E-state index in [0.29, 0.717) is 0 Å². The van der Waals surface area contributed by atoms with Crippen molar-refractivity contribution in [2.75, 3.05) is 0 Å². The Hall–Kier alpha value is -1.85. The van der Waals surface area contributed by atoms with Crippen molar-refractivity contribution >= 4 is 17.4 Å². The smallest absolute Gasteiger partial charge is 0.420 e. The third kappa shape index (κ3) is 1.58. The molecule has 0 amide bonds. The number of carbonyl (C=O) groups is 1. The van der Waals surface area contributed by atoms with Crippen LogP contribution < -0.4 is 0 Å². The third-order valence-electron chi connectivity index (χ3n) is 1.84. The SMILES string of the molecule is O=Cc1nc2cccc(C(F)(F)F)c2o1. The molecule has 2 rings (SSSR count). The highest BCUT2D eigenvalue weighted by atomic mass is 19.4. The average molecular weight is 215 g/mol. The summed E-state index contributed by atoms with van der Waals surface area (Å²) in [4.78, 5) is 13.9. The monoisotopic (exact) mass is 215 g/mol. The fraction of sp³-hybridized carbons (Fsp3) is 0.111. The van der Waals surface area contributed by atoms with Gasteiger partial charge in [-0.3, -0.25) is 4.79 Å². The summed E-state index contributed by atoms with van der Waals surface area (Å²) in [6.45, 7) is 0. The maximum Gasteiger partial charge on any atom is 0.420 e. The molecule has 2 aromatic rings. The quantitative estimate of drug-likeness (QED) is 0.687. The van der Waals surface area contributed by atoms with E-state index >= 15 is 0 Å². The fourth-order valence-electron chi connectivity index (χ4n) is 1.24. The number of halogens is 3. The van der Waals surface area contributed by atoms with Gasteiger partial charge < -0.3 is 4.42 Å². The molecule has 0 spiro atoms. The van der Waals surface area contributed by atoms with Gasteiger partial charge in [0.1, 0.15) is 11.1 Å². The second-order valence-corrected chi connectivity index (χ2v) is 2.82. The number of para-hydroxylation sites is 1. The molecule has 0 bridgehead atoms. The zero-order valence-corrected chi connectivity index (χ0v) is 7.21. The van der Waals surface area contributed by atoms with Crippen LogP contribution in [0.4, 0.5) is 13.2 Å². The predicted octanol–water partition coefficient (Wildman–Crippen LogP) is 2.66. The summed E-state index contributed by atoms with van der Waals surface area (Å²) < 4.78 is 42.0. The van der Waals surface area contributed by atoms with Crippen molar-refractivity contribution in [3.05, 3.63) is 29.7 Å². The highest BCUT2D eigenvalue weighted by molar-refractivity contribution is 5.81. The second-order valence-electron chi connectivity index (χ2n) is 2.82. The molecule has 0 aliphatic heterocycles. The van der Waals surface area contributed by atoms with Gasteiger partial charge in [0.05, 0.1) is 0 Å². The van der Waals surface area contributed by atoms with Gasteiger partial charge in [-0.1, -0.05) is 6.07 Å². The number of benzene rings is 1. The number of aldehydes is 1. The Labute approximate surface area is 81.5 Å². The molecule has 0 unspecified atom stereocenters. The van der Waals surface area contributed by atoms with Crippen molar-refractivity contribution in [1.29, 1.82) is 0 Å². The molecular formula is C9H4F3NO2. The zero-order chi connectivity index (χ0) is 11.1. The Kier molecular flexibility index (Phi) is 1.99. The number of aromatic nitrogens is 1. The van der Waals surface area contributed by atoms with Gasteiger partial charge in [-0.05, 0) is 12.1 Å². The molecule has 3 nitrogen and oxygen atoms in total. The summed E-state index contributed by atoms with van der Waals surface area (Å²) in [5.74, 6) is -0.360. The molecule has 0 atom stereocenters. The van der Waals surface area contributed by atoms with Crippen LogP contribution in [0.15, 0.2) is 22.6 Å². The van der Waals surface area contributed by atoms with Crippen molar-refractivity contribution in [1.82, 2.24) is 4.98 Å². The summed E-state index contributed by atoms with van der Waals surface area (Å²) in [6.07, 6.45) is -4.25. The highest BCUT2D eigenvalue weighted by Crippen LogP contribution is 2.34. The van der Waals surface area contributed by atoms with Crippen molar-refractivity contribution in [2.45, 2.75) is 6.18 Å². The van der Waals surface area contributed by atoms with Crippen molar-refractivity contribution in [3.63, 3.8) is 0 Å². The van der Waals surface area contributed by atoms with E-state index < -0.39 is 17.3 Å². The number of rotatable bonds is 1. The van der Waals surface area contributed by atoms with Crippen molar-refractivity contribution < 1.29 is 22.4 Å². The Balaban J connectivity index is 2.75. The largest absolute Gasteiger partial charge is 0.433 e. The molecule has 0 N–H and O–H groups in total. The van der Waals surface area contributed by atoms with E-state index in [-0.39, 0.29) is 17.7 Å². The first kappa shape index (κ1) is 9.70. The maximum atomic E-state index is 12.5. The summed E-state index contributed by atoms with van der Waals surface area (Å²) in [5.41, 5.74) is -1.32. The minimum atomic E-state index is -4.51. The van der Waals surface area contributed by atoms with Gasteiger partial charge in [-0.25, -0.2) is 4.98 Å². The highest BCUT2D eigenvalue weighted by Gasteiger charge is 2.34. The number of carbonyl (C=O) groups excluding carboxylic acids is 1. The first-order valence-corrected chi connectivity index (χ1v) is 3.94. The van der Waals surface area contributed by atoms with Gasteiger partial charge >= 0.3 is 6.18 Å². The standard InChI is InChI=1S/C9H4F3NO2/c10-9(11,12)5-2-1-3-6-8(5)15-7(4-14)13-6/h1-4H. The molecule has 0 aliphatic carbocycles. The van der Waals surface area contributed by atoms with Crippen LogP contribution in [-0.2, 0) is 6.18 Å². The first-order chi connectivity index (χ1) is 7.02. The van der Waals surface area contributed by atoms with Gasteiger partial charge in [-0.15, -0.1) is 0 Å². The van der Waals surface area contributed by atoms with Crippen LogP contribution >= 0.6 is 0 Å². The maximum absolute atomic E-state index is 12.5. The second kappa shape index (κ2) is 3.08. The minimum Gasteiger partial charge on any atom is -0.433 e. The van der Waals surface area contributed by atoms with E-state index in [4.69, 9.17) is 0 Å². The van der Waals surface area contributed by atoms with Crippen LogP contribution in [0.25, 0.3) is 11.1 Å². The van der Waals surface area contributed by atoms with E-state index in [1.165, 1.54) is 12.1 Å². The Bertz CT molecular complexity index is 516. The van der Waals surface area contributed by atoms with E-state index in [0.717, 1.165) is 6.07 Å². The lowest BCUT2D eigenvalue weighted by Crippen LogP contribution is -2.04. The van der Waals surface area contributed by atoms with Crippen LogP contribution in [0.2, 0.25) is 0 Å². The lowest BCUT2D eigenvalue weighted by Gasteiger charge is -2.05. The number of oxazole rings is 1. The van der Waals surface area contributed by atoms with Crippen LogP contribution in [0.5, 0.6) is 0 Å². The molecule has 6 heteroatoms. The molecule has 15 heavy (non-hydrogen) atoms. The lowest BCUT2D eigenvalue weighted by atomic mass is 10.2. The van der Waals surface area contributed by atoms with Gasteiger partial charge in [0.2, 0.25) is 6.29 Å². The number of nitrogens with zero attached hydrogens (tertiary/aromatic N) is 1. The molecule has 0 aliphatic rings. The van der Waals surface area contributed by atoms with E-state index in [1.807, 2.05) is 0 Å². The molecule has 0 saturated carbocycles. The van der Waals surface area contributed by atoms with Crippen molar-refractivity contribution in [2.24, 2.45) is 0 Å². The molecule has 1 aromatic carbocycles. The minimum absolute atomic E-state index is 0.0203. The summed E-state index contributed by atoms with van der Waals surface area (Å²) in [7, 11) is 0. The number of hydrogen-bond acceptors (Lipinski definition) is 3. The zero-order valence-electron chi connectivity index (χ0n) is 7.21. The number of hydrogen-bond donors (Lipinski definition) is 0. The van der Waals surface area contributed by atoms with Gasteiger partial charge in [0.25, 0.3) is 5.89 Å². The van der Waals surface area contributed by atoms with Crippen LogP contribution in [0.1, 0.15) is 16.2 Å². The number of fused-ring (bicyclic) bond motifs is 1.